The van der Waals surface area contributed by atoms with Gasteiger partial charge in [0.25, 0.3) is 5.91 Å². The molecule has 0 spiro atoms. The lowest BCUT2D eigenvalue weighted by Gasteiger charge is -2.21. The third-order valence-electron chi connectivity index (χ3n) is 5.96. The lowest BCUT2D eigenvalue weighted by Crippen LogP contribution is -2.33. The number of nitrogens with zero attached hydrogens (tertiary/aromatic N) is 2. The Kier molecular flexibility index (Phi) is 5.62. The summed E-state index contributed by atoms with van der Waals surface area (Å²) in [5, 5.41) is 0. The van der Waals surface area contributed by atoms with Crippen LogP contribution >= 0.6 is 0 Å². The molecular formula is C23H25FN3O2. The first-order valence-corrected chi connectivity index (χ1v) is 10.0. The number of hydrogen-bond acceptors (Lipinski definition) is 3. The zero-order valence-corrected chi connectivity index (χ0v) is 16.3. The van der Waals surface area contributed by atoms with E-state index in [1.165, 1.54) is 12.1 Å². The molecule has 2 N–H and O–H groups in total. The number of nitrogens with two attached hydrogens (primary N) is 1. The zero-order valence-electron chi connectivity index (χ0n) is 16.3. The summed E-state index contributed by atoms with van der Waals surface area (Å²) in [6, 6.07) is 13.3. The van der Waals surface area contributed by atoms with Crippen molar-refractivity contribution in [2.45, 2.75) is 6.42 Å². The summed E-state index contributed by atoms with van der Waals surface area (Å²) in [5.74, 6) is 0.0591. The Labute approximate surface area is 170 Å². The van der Waals surface area contributed by atoms with Gasteiger partial charge in [0, 0.05) is 37.3 Å². The van der Waals surface area contributed by atoms with Crippen molar-refractivity contribution in [3.8, 4) is 0 Å². The summed E-state index contributed by atoms with van der Waals surface area (Å²) in [7, 11) is 0. The number of amides is 2. The highest BCUT2D eigenvalue weighted by molar-refractivity contribution is 5.95. The molecule has 0 bridgehead atoms. The van der Waals surface area contributed by atoms with Crippen LogP contribution in [-0.4, -0.2) is 54.3 Å². The van der Waals surface area contributed by atoms with E-state index in [2.05, 4.69) is 11.3 Å². The van der Waals surface area contributed by atoms with Gasteiger partial charge in [0.05, 0.1) is 0 Å². The Morgan fingerprint density at radius 2 is 1.76 bits per heavy atom. The van der Waals surface area contributed by atoms with Gasteiger partial charge in [-0.05, 0) is 61.1 Å². The van der Waals surface area contributed by atoms with Crippen LogP contribution in [0.5, 0.6) is 0 Å². The van der Waals surface area contributed by atoms with E-state index < -0.39 is 5.91 Å². The Morgan fingerprint density at radius 3 is 2.45 bits per heavy atom. The van der Waals surface area contributed by atoms with E-state index in [1.807, 2.05) is 23.1 Å². The maximum Gasteiger partial charge on any atom is 0.253 e. The van der Waals surface area contributed by atoms with Crippen LogP contribution in [0.3, 0.4) is 0 Å². The van der Waals surface area contributed by atoms with Crippen LogP contribution in [0.2, 0.25) is 0 Å². The summed E-state index contributed by atoms with van der Waals surface area (Å²) < 4.78 is 13.4. The van der Waals surface area contributed by atoms with Crippen molar-refractivity contribution in [3.05, 3.63) is 77.5 Å². The molecule has 6 heteroatoms. The van der Waals surface area contributed by atoms with Crippen molar-refractivity contribution in [2.24, 2.45) is 17.6 Å². The zero-order chi connectivity index (χ0) is 20.4. The molecule has 2 amide bonds. The monoisotopic (exact) mass is 394 g/mol. The van der Waals surface area contributed by atoms with Gasteiger partial charge in [-0.2, -0.15) is 0 Å². The van der Waals surface area contributed by atoms with Crippen molar-refractivity contribution in [3.63, 3.8) is 0 Å². The highest BCUT2D eigenvalue weighted by Gasteiger charge is 2.41. The van der Waals surface area contributed by atoms with Crippen molar-refractivity contribution in [1.82, 2.24) is 9.80 Å². The maximum atomic E-state index is 13.4. The number of primary amides is 1. The van der Waals surface area contributed by atoms with Crippen LogP contribution in [0.15, 0.2) is 48.5 Å². The predicted molar refractivity (Wildman–Crippen MR) is 109 cm³/mol. The minimum absolute atomic E-state index is 0.0816. The van der Waals surface area contributed by atoms with E-state index in [9.17, 15) is 14.0 Å². The number of carbonyl (C=O) groups is 2. The Balaban J connectivity index is 1.27. The molecule has 2 aliphatic heterocycles. The molecule has 1 radical (unpaired) electrons. The quantitative estimate of drug-likeness (QED) is 0.819. The van der Waals surface area contributed by atoms with E-state index >= 15 is 0 Å². The largest absolute Gasteiger partial charge is 0.366 e. The molecule has 29 heavy (non-hydrogen) atoms. The summed E-state index contributed by atoms with van der Waals surface area (Å²) in [4.78, 5) is 28.4. The molecule has 2 aromatic rings. The number of rotatable bonds is 6. The first kappa shape index (κ1) is 19.6. The number of likely N-dealkylation sites (tertiary alicyclic amines) is 2. The smallest absolute Gasteiger partial charge is 0.253 e. The van der Waals surface area contributed by atoms with Gasteiger partial charge in [-0.3, -0.25) is 9.59 Å². The lowest BCUT2D eigenvalue weighted by atomic mass is 10.0. The molecule has 2 heterocycles. The van der Waals surface area contributed by atoms with Gasteiger partial charge in [-0.15, -0.1) is 0 Å². The van der Waals surface area contributed by atoms with Gasteiger partial charge < -0.3 is 15.5 Å². The lowest BCUT2D eigenvalue weighted by molar-refractivity contribution is 0.0773. The first-order chi connectivity index (χ1) is 14.0. The molecule has 2 saturated heterocycles. The predicted octanol–water partition coefficient (Wildman–Crippen LogP) is 2.57. The van der Waals surface area contributed by atoms with Gasteiger partial charge in [0.1, 0.15) is 5.82 Å². The minimum Gasteiger partial charge on any atom is -0.366 e. The molecule has 2 aromatic carbocycles. The third kappa shape index (κ3) is 4.32. The van der Waals surface area contributed by atoms with Gasteiger partial charge in [-0.1, -0.05) is 24.3 Å². The fraction of sp³-hybridized carbons (Fsp3) is 0.348. The van der Waals surface area contributed by atoms with Crippen LogP contribution < -0.4 is 5.73 Å². The fourth-order valence-corrected chi connectivity index (χ4v) is 4.54. The number of hydrogen-bond donors (Lipinski definition) is 1. The first-order valence-electron chi connectivity index (χ1n) is 10.0. The Hall–Kier alpha value is -2.73. The van der Waals surface area contributed by atoms with Crippen LogP contribution in [0.4, 0.5) is 4.39 Å². The van der Waals surface area contributed by atoms with Gasteiger partial charge >= 0.3 is 0 Å². The number of halogens is 1. The molecule has 4 rings (SSSR count). The summed E-state index contributed by atoms with van der Waals surface area (Å²) in [5.41, 5.74) is 7.29. The average molecular weight is 394 g/mol. The Morgan fingerprint density at radius 1 is 1.03 bits per heavy atom. The Bertz CT molecular complexity index is 903. The molecule has 0 aromatic heterocycles. The number of fused-ring (bicyclic) bond motifs is 1. The normalized spacial score (nSPS) is 21.3. The van der Waals surface area contributed by atoms with E-state index in [0.29, 0.717) is 23.0 Å². The number of benzene rings is 2. The number of carbonyl (C=O) groups excluding carboxylic acids is 2. The maximum absolute atomic E-state index is 13.4. The standard InChI is InChI=1S/C23H25FN3O2/c24-20-8-3-6-17(11-20)23(29)27-14-18-12-26(13-19(18)15-27)10-4-7-16-5-1-2-9-21(16)22(25)28/h1-3,5-9,11,18-19H,4,10,12-15H2,(H2,25,28)/t18-,19?/m0/s1. The van der Waals surface area contributed by atoms with E-state index in [1.54, 1.807) is 18.2 Å². The van der Waals surface area contributed by atoms with Crippen molar-refractivity contribution < 1.29 is 14.0 Å². The topological polar surface area (TPSA) is 66.6 Å². The van der Waals surface area contributed by atoms with Gasteiger partial charge in [0.2, 0.25) is 5.91 Å². The molecule has 2 atom stereocenters. The van der Waals surface area contributed by atoms with E-state index in [4.69, 9.17) is 5.73 Å². The second-order valence-corrected chi connectivity index (χ2v) is 7.94. The highest BCUT2D eigenvalue weighted by atomic mass is 19.1. The van der Waals surface area contributed by atoms with E-state index in [-0.39, 0.29) is 11.7 Å². The second kappa shape index (κ2) is 8.33. The molecule has 0 aliphatic carbocycles. The SMILES string of the molecule is NC(=O)c1ccccc1[CH]CCN1CC2CN(C(=O)c3cccc(F)c3)C[C@@H]2C1. The van der Waals surface area contributed by atoms with E-state index in [0.717, 1.165) is 44.7 Å². The summed E-state index contributed by atoms with van der Waals surface area (Å²) >= 11 is 0. The van der Waals surface area contributed by atoms with Gasteiger partial charge in [0.15, 0.2) is 0 Å². The van der Waals surface area contributed by atoms with Crippen LogP contribution in [-0.2, 0) is 0 Å². The molecule has 1 unspecified atom stereocenters. The highest BCUT2D eigenvalue weighted by Crippen LogP contribution is 2.32. The van der Waals surface area contributed by atoms with Crippen molar-refractivity contribution >= 4 is 11.8 Å². The van der Waals surface area contributed by atoms with Crippen LogP contribution in [0.1, 0.15) is 32.7 Å². The fourth-order valence-electron chi connectivity index (χ4n) is 4.54. The van der Waals surface area contributed by atoms with Crippen LogP contribution in [0, 0.1) is 24.1 Å². The molecule has 151 valence electrons. The molecule has 2 fully saturated rings. The van der Waals surface area contributed by atoms with Crippen molar-refractivity contribution in [1.29, 1.82) is 0 Å². The average Bonchev–Trinajstić information content (AvgIpc) is 3.26. The third-order valence-corrected chi connectivity index (χ3v) is 5.96. The molecule has 0 saturated carbocycles. The van der Waals surface area contributed by atoms with Crippen molar-refractivity contribution in [2.75, 3.05) is 32.7 Å². The molecule has 5 nitrogen and oxygen atoms in total. The molecule has 2 aliphatic rings. The second-order valence-electron chi connectivity index (χ2n) is 7.94. The molecular weight excluding hydrogens is 369 g/mol. The summed E-state index contributed by atoms with van der Waals surface area (Å²) in [6.07, 6.45) is 2.91. The van der Waals surface area contributed by atoms with Crippen LogP contribution in [0.25, 0.3) is 0 Å². The van der Waals surface area contributed by atoms with Gasteiger partial charge in [-0.25, -0.2) is 4.39 Å². The minimum atomic E-state index is -0.407. The summed E-state index contributed by atoms with van der Waals surface area (Å²) in [6.45, 7) is 4.29.